The molecule has 130 valence electrons. The Morgan fingerprint density at radius 2 is 2.00 bits per heavy atom. The molecule has 3 nitrogen and oxygen atoms in total. The zero-order valence-corrected chi connectivity index (χ0v) is 14.8. The summed E-state index contributed by atoms with van der Waals surface area (Å²) in [6.07, 6.45) is 9.33. The number of aliphatic hydroxyl groups is 2. The summed E-state index contributed by atoms with van der Waals surface area (Å²) >= 11 is 0. The lowest BCUT2D eigenvalue weighted by molar-refractivity contribution is -0.0868. The zero-order valence-electron chi connectivity index (χ0n) is 14.8. The Morgan fingerprint density at radius 1 is 1.26 bits per heavy atom. The lowest BCUT2D eigenvalue weighted by Crippen LogP contribution is -2.40. The van der Waals surface area contributed by atoms with E-state index >= 15 is 0 Å². The van der Waals surface area contributed by atoms with Gasteiger partial charge in [-0.05, 0) is 76.4 Å². The molecule has 2 N–H and O–H groups in total. The maximum atomic E-state index is 10.4. The predicted octanol–water partition coefficient (Wildman–Crippen LogP) is 3.92. The molecule has 3 atom stereocenters. The molecule has 0 saturated carbocycles. The van der Waals surface area contributed by atoms with E-state index in [9.17, 15) is 10.2 Å². The molecule has 0 bridgehead atoms. The lowest BCUT2D eigenvalue weighted by Gasteiger charge is -2.34. The van der Waals surface area contributed by atoms with Gasteiger partial charge in [-0.25, -0.2) is 0 Å². The van der Waals surface area contributed by atoms with Crippen molar-refractivity contribution in [3.8, 4) is 0 Å². The SMILES string of the molecule is C=C1CCC=C(C)CC[C@@H](C2=CC[C@H](C(C)(C)O)OC2)C[C@H]1O. The summed E-state index contributed by atoms with van der Waals surface area (Å²) in [5, 5.41) is 20.5. The second kappa shape index (κ2) is 7.78. The number of ether oxygens (including phenoxy) is 1. The molecule has 1 heterocycles. The summed E-state index contributed by atoms with van der Waals surface area (Å²) < 4.78 is 5.89. The van der Waals surface area contributed by atoms with Crippen molar-refractivity contribution < 1.29 is 14.9 Å². The molecule has 0 aromatic carbocycles. The minimum absolute atomic E-state index is 0.146. The summed E-state index contributed by atoms with van der Waals surface area (Å²) in [7, 11) is 0. The number of hydrogen-bond donors (Lipinski definition) is 2. The third-order valence-electron chi connectivity index (χ3n) is 5.18. The lowest BCUT2D eigenvalue weighted by atomic mass is 9.82. The molecule has 0 aromatic heterocycles. The number of aliphatic hydroxyl groups excluding tert-OH is 1. The highest BCUT2D eigenvalue weighted by Crippen LogP contribution is 2.33. The van der Waals surface area contributed by atoms with Crippen molar-refractivity contribution >= 4 is 0 Å². The standard InChI is InChI=1S/C20H32O3/c1-14-6-5-7-15(2)18(21)12-16(9-8-14)17-10-11-19(23-13-17)20(3,4)22/h6,10,16,18-19,21-22H,2,5,7-9,11-13H2,1,3-4H3/t16-,18-,19-/m1/s1. The first-order valence-electron chi connectivity index (χ1n) is 8.81. The average molecular weight is 320 g/mol. The van der Waals surface area contributed by atoms with Crippen LogP contribution in [0.25, 0.3) is 0 Å². The van der Waals surface area contributed by atoms with Gasteiger partial charge < -0.3 is 14.9 Å². The predicted molar refractivity (Wildman–Crippen MR) is 94.2 cm³/mol. The van der Waals surface area contributed by atoms with Gasteiger partial charge in [0.1, 0.15) is 0 Å². The van der Waals surface area contributed by atoms with Crippen molar-refractivity contribution in [2.75, 3.05) is 6.61 Å². The third kappa shape index (κ3) is 5.30. The van der Waals surface area contributed by atoms with Crippen LogP contribution >= 0.6 is 0 Å². The van der Waals surface area contributed by atoms with Gasteiger partial charge in [0.15, 0.2) is 0 Å². The van der Waals surface area contributed by atoms with E-state index in [1.165, 1.54) is 11.1 Å². The second-order valence-electron chi connectivity index (χ2n) is 7.70. The van der Waals surface area contributed by atoms with Crippen LogP contribution in [-0.2, 0) is 4.74 Å². The number of hydrogen-bond acceptors (Lipinski definition) is 3. The molecule has 0 unspecified atom stereocenters. The molecule has 0 radical (unpaired) electrons. The molecule has 2 aliphatic rings. The van der Waals surface area contributed by atoms with Gasteiger partial charge in [0, 0.05) is 0 Å². The van der Waals surface area contributed by atoms with Crippen molar-refractivity contribution in [3.05, 3.63) is 35.5 Å². The largest absolute Gasteiger partial charge is 0.389 e. The molecular formula is C20H32O3. The van der Waals surface area contributed by atoms with E-state index in [4.69, 9.17) is 4.74 Å². The van der Waals surface area contributed by atoms with E-state index in [0.717, 1.165) is 44.1 Å². The van der Waals surface area contributed by atoms with Crippen molar-refractivity contribution in [2.45, 2.75) is 77.1 Å². The fourth-order valence-corrected chi connectivity index (χ4v) is 3.42. The Labute approximate surface area is 140 Å². The normalized spacial score (nSPS) is 31.3. The molecule has 1 aliphatic carbocycles. The number of allylic oxidation sites excluding steroid dienone is 2. The highest BCUT2D eigenvalue weighted by atomic mass is 16.5. The molecule has 2 rings (SSSR count). The quantitative estimate of drug-likeness (QED) is 0.758. The fraction of sp³-hybridized carbons (Fsp3) is 0.700. The average Bonchev–Trinajstić information content (AvgIpc) is 2.49. The Hall–Kier alpha value is -0.900. The molecule has 0 saturated heterocycles. The van der Waals surface area contributed by atoms with Crippen molar-refractivity contribution in [1.82, 2.24) is 0 Å². The van der Waals surface area contributed by atoms with Crippen LogP contribution in [-0.4, -0.2) is 34.6 Å². The minimum atomic E-state index is -0.814. The maximum Gasteiger partial charge on any atom is 0.0895 e. The van der Waals surface area contributed by atoms with E-state index in [0.29, 0.717) is 12.5 Å². The van der Waals surface area contributed by atoms with Crippen molar-refractivity contribution in [3.63, 3.8) is 0 Å². The van der Waals surface area contributed by atoms with Crippen LogP contribution in [0.1, 0.15) is 59.3 Å². The van der Waals surface area contributed by atoms with Gasteiger partial charge in [-0.15, -0.1) is 0 Å². The molecule has 1 aliphatic heterocycles. The van der Waals surface area contributed by atoms with Gasteiger partial charge in [-0.3, -0.25) is 0 Å². The van der Waals surface area contributed by atoms with E-state index in [-0.39, 0.29) is 6.10 Å². The maximum absolute atomic E-state index is 10.4. The third-order valence-corrected chi connectivity index (χ3v) is 5.18. The van der Waals surface area contributed by atoms with Gasteiger partial charge in [0.05, 0.1) is 24.4 Å². The van der Waals surface area contributed by atoms with Crippen LogP contribution in [0.2, 0.25) is 0 Å². The van der Waals surface area contributed by atoms with Gasteiger partial charge in [-0.2, -0.15) is 0 Å². The van der Waals surface area contributed by atoms with E-state index in [1.54, 1.807) is 13.8 Å². The molecule has 0 fully saturated rings. The van der Waals surface area contributed by atoms with Crippen molar-refractivity contribution in [1.29, 1.82) is 0 Å². The minimum Gasteiger partial charge on any atom is -0.389 e. The highest BCUT2D eigenvalue weighted by Gasteiger charge is 2.31. The second-order valence-corrected chi connectivity index (χ2v) is 7.70. The summed E-state index contributed by atoms with van der Waals surface area (Å²) in [6, 6.07) is 0. The van der Waals surface area contributed by atoms with Crippen LogP contribution in [0.4, 0.5) is 0 Å². The first-order valence-corrected chi connectivity index (χ1v) is 8.81. The van der Waals surface area contributed by atoms with Crippen LogP contribution < -0.4 is 0 Å². The highest BCUT2D eigenvalue weighted by molar-refractivity contribution is 5.16. The topological polar surface area (TPSA) is 49.7 Å². The monoisotopic (exact) mass is 320 g/mol. The Kier molecular flexibility index (Phi) is 6.24. The van der Waals surface area contributed by atoms with Gasteiger partial charge in [0.2, 0.25) is 0 Å². The molecule has 3 heteroatoms. The Balaban J connectivity index is 2.09. The Bertz CT molecular complexity index is 482. The summed E-state index contributed by atoms with van der Waals surface area (Å²) in [5.74, 6) is 0.325. The molecule has 0 amide bonds. The smallest absolute Gasteiger partial charge is 0.0895 e. The first-order chi connectivity index (χ1) is 10.8. The molecule has 23 heavy (non-hydrogen) atoms. The molecular weight excluding hydrogens is 288 g/mol. The Morgan fingerprint density at radius 3 is 2.61 bits per heavy atom. The van der Waals surface area contributed by atoms with Gasteiger partial charge >= 0.3 is 0 Å². The zero-order chi connectivity index (χ0) is 17.0. The van der Waals surface area contributed by atoms with E-state index in [2.05, 4.69) is 25.7 Å². The first kappa shape index (κ1) is 18.4. The van der Waals surface area contributed by atoms with Crippen LogP contribution in [0.15, 0.2) is 35.5 Å². The summed E-state index contributed by atoms with van der Waals surface area (Å²) in [4.78, 5) is 0. The van der Waals surface area contributed by atoms with Crippen molar-refractivity contribution in [2.24, 2.45) is 5.92 Å². The van der Waals surface area contributed by atoms with E-state index < -0.39 is 11.7 Å². The van der Waals surface area contributed by atoms with Gasteiger partial charge in [0.25, 0.3) is 0 Å². The van der Waals surface area contributed by atoms with Crippen LogP contribution in [0, 0.1) is 5.92 Å². The summed E-state index contributed by atoms with van der Waals surface area (Å²) in [6.45, 7) is 10.4. The van der Waals surface area contributed by atoms with Gasteiger partial charge in [-0.1, -0.05) is 24.3 Å². The van der Waals surface area contributed by atoms with Crippen LogP contribution in [0.5, 0.6) is 0 Å². The molecule has 0 spiro atoms. The fourth-order valence-electron chi connectivity index (χ4n) is 3.42. The van der Waals surface area contributed by atoms with Crippen LogP contribution in [0.3, 0.4) is 0 Å². The number of rotatable bonds is 2. The molecule has 0 aromatic rings. The van der Waals surface area contributed by atoms with E-state index in [1.807, 2.05) is 0 Å². The summed E-state index contributed by atoms with van der Waals surface area (Å²) in [5.41, 5.74) is 2.81.